The number of tetrazole rings is 1. The number of rotatable bonds is 3. The quantitative estimate of drug-likeness (QED) is 0.887. The molecular weight excluding hydrogens is 293 g/mol. The first-order chi connectivity index (χ1) is 8.16. The van der Waals surface area contributed by atoms with Crippen LogP contribution in [0, 0.1) is 5.82 Å². The molecule has 0 fully saturated rings. The Labute approximate surface area is 104 Å². The number of H-pyrrole nitrogens is 1. The Kier molecular flexibility index (Phi) is 3.43. The van der Waals surface area contributed by atoms with Gasteiger partial charge in [-0.3, -0.25) is 4.79 Å². The Morgan fingerprint density at radius 3 is 3.06 bits per heavy atom. The molecule has 0 aliphatic heterocycles. The van der Waals surface area contributed by atoms with E-state index >= 15 is 0 Å². The van der Waals surface area contributed by atoms with Gasteiger partial charge in [-0.1, -0.05) is 21.1 Å². The summed E-state index contributed by atoms with van der Waals surface area (Å²) in [6.07, 6.45) is 0. The molecule has 0 aliphatic carbocycles. The zero-order valence-electron chi connectivity index (χ0n) is 8.44. The van der Waals surface area contributed by atoms with Crippen molar-refractivity contribution >= 4 is 21.8 Å². The lowest BCUT2D eigenvalue weighted by Crippen LogP contribution is -2.24. The fourth-order valence-electron chi connectivity index (χ4n) is 1.18. The minimum Gasteiger partial charge on any atom is -0.344 e. The van der Waals surface area contributed by atoms with Crippen LogP contribution in [0.5, 0.6) is 0 Å². The third-order valence-corrected chi connectivity index (χ3v) is 2.46. The first-order valence-electron chi connectivity index (χ1n) is 4.62. The molecule has 0 radical (unpaired) electrons. The molecule has 1 amide bonds. The van der Waals surface area contributed by atoms with Crippen LogP contribution in [0.25, 0.3) is 0 Å². The first-order valence-corrected chi connectivity index (χ1v) is 5.41. The second-order valence-corrected chi connectivity index (χ2v) is 4.05. The van der Waals surface area contributed by atoms with Crippen molar-refractivity contribution in [2.75, 3.05) is 0 Å². The van der Waals surface area contributed by atoms with Crippen LogP contribution in [-0.2, 0) is 6.54 Å². The van der Waals surface area contributed by atoms with Crippen LogP contribution in [0.4, 0.5) is 4.39 Å². The maximum absolute atomic E-state index is 13.4. The van der Waals surface area contributed by atoms with Crippen LogP contribution in [0.3, 0.4) is 0 Å². The van der Waals surface area contributed by atoms with Gasteiger partial charge in [0.1, 0.15) is 5.82 Å². The summed E-state index contributed by atoms with van der Waals surface area (Å²) in [6.45, 7) is 0.0846. The number of hydrogen-bond donors (Lipinski definition) is 2. The molecule has 0 aliphatic rings. The van der Waals surface area contributed by atoms with Gasteiger partial charge < -0.3 is 5.32 Å². The fraction of sp³-hybridized carbons (Fsp3) is 0.111. The molecule has 0 bridgehead atoms. The highest BCUT2D eigenvalue weighted by molar-refractivity contribution is 9.10. The summed E-state index contributed by atoms with van der Waals surface area (Å²) in [6, 6.07) is 4.14. The van der Waals surface area contributed by atoms with E-state index in [1.807, 2.05) is 0 Å². The van der Waals surface area contributed by atoms with E-state index in [9.17, 15) is 9.18 Å². The monoisotopic (exact) mass is 299 g/mol. The van der Waals surface area contributed by atoms with E-state index in [1.165, 1.54) is 18.2 Å². The van der Waals surface area contributed by atoms with Gasteiger partial charge in [-0.05, 0) is 18.2 Å². The number of nitrogens with zero attached hydrogens (tertiary/aromatic N) is 3. The number of aromatic amines is 1. The number of halogens is 2. The summed E-state index contributed by atoms with van der Waals surface area (Å²) in [7, 11) is 0. The molecule has 1 heterocycles. The van der Waals surface area contributed by atoms with Crippen LogP contribution in [0.1, 0.15) is 16.2 Å². The topological polar surface area (TPSA) is 83.6 Å². The van der Waals surface area contributed by atoms with Gasteiger partial charge in [-0.15, -0.1) is 10.2 Å². The number of nitrogens with one attached hydrogen (secondary N) is 2. The lowest BCUT2D eigenvalue weighted by atomic mass is 10.2. The molecule has 17 heavy (non-hydrogen) atoms. The molecule has 0 unspecified atom stereocenters. The van der Waals surface area contributed by atoms with E-state index < -0.39 is 11.7 Å². The number of carbonyl (C=O) groups excluding carboxylic acids is 1. The normalized spacial score (nSPS) is 10.2. The van der Waals surface area contributed by atoms with E-state index in [4.69, 9.17) is 0 Å². The second-order valence-electron chi connectivity index (χ2n) is 3.13. The highest BCUT2D eigenvalue weighted by atomic mass is 79.9. The summed E-state index contributed by atoms with van der Waals surface area (Å²) < 4.78 is 14.0. The van der Waals surface area contributed by atoms with E-state index in [0.29, 0.717) is 10.3 Å². The van der Waals surface area contributed by atoms with Gasteiger partial charge in [0.05, 0.1) is 12.1 Å². The lowest BCUT2D eigenvalue weighted by Gasteiger charge is -2.04. The van der Waals surface area contributed by atoms with Crippen molar-refractivity contribution in [3.8, 4) is 0 Å². The number of aromatic nitrogens is 4. The molecule has 0 saturated heterocycles. The molecule has 2 aromatic rings. The Bertz CT molecular complexity index is 530. The molecule has 88 valence electrons. The summed E-state index contributed by atoms with van der Waals surface area (Å²) in [4.78, 5) is 11.7. The smallest absolute Gasteiger partial charge is 0.254 e. The molecule has 0 spiro atoms. The van der Waals surface area contributed by atoms with Gasteiger partial charge in [0.2, 0.25) is 0 Å². The number of hydrogen-bond acceptors (Lipinski definition) is 4. The van der Waals surface area contributed by atoms with Crippen molar-refractivity contribution in [3.05, 3.63) is 39.9 Å². The minimum atomic E-state index is -0.584. The molecule has 8 heteroatoms. The largest absolute Gasteiger partial charge is 0.344 e. The highest BCUT2D eigenvalue weighted by Gasteiger charge is 2.12. The van der Waals surface area contributed by atoms with Crippen LogP contribution < -0.4 is 5.32 Å². The van der Waals surface area contributed by atoms with Gasteiger partial charge in [0, 0.05) is 4.47 Å². The van der Waals surface area contributed by atoms with Gasteiger partial charge in [0.15, 0.2) is 5.82 Å². The van der Waals surface area contributed by atoms with Crippen molar-refractivity contribution in [1.29, 1.82) is 0 Å². The summed E-state index contributed by atoms with van der Waals surface area (Å²) in [5, 5.41) is 15.4. The zero-order valence-corrected chi connectivity index (χ0v) is 10.0. The van der Waals surface area contributed by atoms with Gasteiger partial charge in [-0.25, -0.2) is 4.39 Å². The van der Waals surface area contributed by atoms with Gasteiger partial charge in [0.25, 0.3) is 5.91 Å². The van der Waals surface area contributed by atoms with Crippen molar-refractivity contribution in [2.24, 2.45) is 0 Å². The number of benzene rings is 1. The van der Waals surface area contributed by atoms with E-state index in [0.717, 1.165) is 0 Å². The molecule has 1 aromatic heterocycles. The molecule has 2 N–H and O–H groups in total. The molecule has 0 atom stereocenters. The van der Waals surface area contributed by atoms with Crippen molar-refractivity contribution in [3.63, 3.8) is 0 Å². The Balaban J connectivity index is 2.07. The molecule has 1 aromatic carbocycles. The zero-order chi connectivity index (χ0) is 12.3. The Morgan fingerprint density at radius 2 is 2.35 bits per heavy atom. The second kappa shape index (κ2) is 5.00. The maximum Gasteiger partial charge on any atom is 0.254 e. The van der Waals surface area contributed by atoms with Gasteiger partial charge >= 0.3 is 0 Å². The Morgan fingerprint density at radius 1 is 1.53 bits per heavy atom. The minimum absolute atomic E-state index is 0.0390. The average Bonchev–Trinajstić information content (AvgIpc) is 2.82. The molecule has 6 nitrogen and oxygen atoms in total. The van der Waals surface area contributed by atoms with E-state index in [2.05, 4.69) is 41.9 Å². The molecular formula is C9H7BrFN5O. The molecule has 0 saturated carbocycles. The SMILES string of the molecule is O=C(NCc1nn[nH]n1)c1cc(Br)ccc1F. The van der Waals surface area contributed by atoms with Crippen LogP contribution >= 0.6 is 15.9 Å². The predicted molar refractivity (Wildman–Crippen MR) is 59.4 cm³/mol. The molecule has 2 rings (SSSR count). The number of amides is 1. The Hall–Kier alpha value is -1.83. The summed E-state index contributed by atoms with van der Waals surface area (Å²) >= 11 is 3.17. The fourth-order valence-corrected chi connectivity index (χ4v) is 1.54. The highest BCUT2D eigenvalue weighted by Crippen LogP contribution is 2.15. The van der Waals surface area contributed by atoms with Crippen LogP contribution in [0.15, 0.2) is 22.7 Å². The average molecular weight is 300 g/mol. The summed E-state index contributed by atoms with van der Waals surface area (Å²) in [5.74, 6) is -0.791. The van der Waals surface area contributed by atoms with Gasteiger partial charge in [-0.2, -0.15) is 5.21 Å². The van der Waals surface area contributed by atoms with Crippen molar-refractivity contribution in [1.82, 2.24) is 25.9 Å². The van der Waals surface area contributed by atoms with Crippen LogP contribution in [0.2, 0.25) is 0 Å². The number of carbonyl (C=O) groups is 1. The van der Waals surface area contributed by atoms with Crippen LogP contribution in [-0.4, -0.2) is 26.5 Å². The maximum atomic E-state index is 13.4. The first kappa shape index (κ1) is 11.6. The van der Waals surface area contributed by atoms with Crippen molar-refractivity contribution in [2.45, 2.75) is 6.54 Å². The lowest BCUT2D eigenvalue weighted by molar-refractivity contribution is 0.0946. The summed E-state index contributed by atoms with van der Waals surface area (Å²) in [5.41, 5.74) is -0.0390. The predicted octanol–water partition coefficient (Wildman–Crippen LogP) is 1.03. The van der Waals surface area contributed by atoms with E-state index in [-0.39, 0.29) is 12.1 Å². The van der Waals surface area contributed by atoms with E-state index in [1.54, 1.807) is 0 Å². The third-order valence-electron chi connectivity index (χ3n) is 1.97. The standard InChI is InChI=1S/C9H7BrFN5O/c10-5-1-2-7(11)6(3-5)9(17)12-4-8-13-15-16-14-8/h1-3H,4H2,(H,12,17)(H,13,14,15,16). The third kappa shape index (κ3) is 2.84. The van der Waals surface area contributed by atoms with Crippen molar-refractivity contribution < 1.29 is 9.18 Å².